The highest BCUT2D eigenvalue weighted by atomic mass is 19.4. The van der Waals surface area contributed by atoms with Gasteiger partial charge in [-0.3, -0.25) is 4.79 Å². The maximum Gasteiger partial charge on any atom is 0.416 e. The maximum absolute atomic E-state index is 12.8. The molecule has 106 valence electrons. The number of carboxylic acids is 1. The molecule has 0 spiro atoms. The van der Waals surface area contributed by atoms with Crippen LogP contribution in [0.15, 0.2) is 18.2 Å². The summed E-state index contributed by atoms with van der Waals surface area (Å²) in [5.74, 6) is -1.00. The van der Waals surface area contributed by atoms with Crippen molar-refractivity contribution in [3.05, 3.63) is 29.3 Å². The van der Waals surface area contributed by atoms with Gasteiger partial charge in [0.1, 0.15) is 0 Å². The second-order valence-corrected chi connectivity index (χ2v) is 4.48. The van der Waals surface area contributed by atoms with Crippen molar-refractivity contribution in [2.75, 3.05) is 19.0 Å². The van der Waals surface area contributed by atoms with E-state index in [-0.39, 0.29) is 24.8 Å². The average molecular weight is 275 g/mol. The molecule has 1 aromatic rings. The van der Waals surface area contributed by atoms with Crippen LogP contribution in [0.1, 0.15) is 24.0 Å². The fourth-order valence-corrected chi connectivity index (χ4v) is 1.77. The summed E-state index contributed by atoms with van der Waals surface area (Å²) in [7, 11) is 3.48. The molecule has 0 radical (unpaired) electrons. The number of nitrogens with zero attached hydrogens (tertiary/aromatic N) is 1. The zero-order chi connectivity index (χ0) is 14.6. The van der Waals surface area contributed by atoms with Crippen molar-refractivity contribution >= 4 is 11.7 Å². The summed E-state index contributed by atoms with van der Waals surface area (Å²) in [6.07, 6.45) is -4.26. The fourth-order valence-electron chi connectivity index (χ4n) is 1.77. The minimum atomic E-state index is -4.41. The molecule has 1 N–H and O–H groups in total. The van der Waals surface area contributed by atoms with Crippen molar-refractivity contribution in [2.24, 2.45) is 0 Å². The van der Waals surface area contributed by atoms with E-state index in [9.17, 15) is 18.0 Å². The van der Waals surface area contributed by atoms with E-state index >= 15 is 0 Å². The number of halogens is 3. The van der Waals surface area contributed by atoms with Gasteiger partial charge in [0.15, 0.2) is 0 Å². The maximum atomic E-state index is 12.8. The summed E-state index contributed by atoms with van der Waals surface area (Å²) < 4.78 is 38.5. The number of benzene rings is 1. The smallest absolute Gasteiger partial charge is 0.416 e. The Morgan fingerprint density at radius 1 is 1.32 bits per heavy atom. The summed E-state index contributed by atoms with van der Waals surface area (Å²) >= 11 is 0. The molecule has 6 heteroatoms. The summed E-state index contributed by atoms with van der Waals surface area (Å²) in [5, 5.41) is 8.53. The summed E-state index contributed by atoms with van der Waals surface area (Å²) in [4.78, 5) is 12.1. The van der Waals surface area contributed by atoms with E-state index in [1.165, 1.54) is 12.1 Å². The molecule has 0 aliphatic carbocycles. The molecule has 0 unspecified atom stereocenters. The lowest BCUT2D eigenvalue weighted by molar-refractivity contribution is -0.138. The highest BCUT2D eigenvalue weighted by molar-refractivity contribution is 5.66. The molecule has 0 heterocycles. The van der Waals surface area contributed by atoms with Gasteiger partial charge in [0, 0.05) is 26.2 Å². The van der Waals surface area contributed by atoms with Gasteiger partial charge < -0.3 is 10.0 Å². The number of rotatable bonds is 5. The van der Waals surface area contributed by atoms with Crippen molar-refractivity contribution in [2.45, 2.75) is 25.4 Å². The van der Waals surface area contributed by atoms with Crippen molar-refractivity contribution < 1.29 is 23.1 Å². The van der Waals surface area contributed by atoms with E-state index in [4.69, 9.17) is 5.11 Å². The molecular formula is C13H16F3NO2. The monoisotopic (exact) mass is 275 g/mol. The zero-order valence-corrected chi connectivity index (χ0v) is 10.8. The number of hydrogen-bond acceptors (Lipinski definition) is 2. The van der Waals surface area contributed by atoms with Gasteiger partial charge in [0.05, 0.1) is 5.56 Å². The first kappa shape index (κ1) is 15.3. The van der Waals surface area contributed by atoms with Gasteiger partial charge >= 0.3 is 12.1 Å². The molecule has 3 nitrogen and oxygen atoms in total. The molecule has 1 rings (SSSR count). The van der Waals surface area contributed by atoms with E-state index in [2.05, 4.69) is 0 Å². The Balaban J connectivity index is 3.01. The third-order valence-electron chi connectivity index (χ3n) is 2.75. The molecule has 0 saturated carbocycles. The lowest BCUT2D eigenvalue weighted by atomic mass is 10.0. The van der Waals surface area contributed by atoms with Crippen LogP contribution < -0.4 is 4.90 Å². The van der Waals surface area contributed by atoms with Crippen LogP contribution in [0.25, 0.3) is 0 Å². The molecule has 0 bridgehead atoms. The van der Waals surface area contributed by atoms with Crippen LogP contribution >= 0.6 is 0 Å². The summed E-state index contributed by atoms with van der Waals surface area (Å²) in [6.45, 7) is 0. The normalized spacial score (nSPS) is 11.4. The second kappa shape index (κ2) is 5.95. The SMILES string of the molecule is CN(C)c1ccc(C(F)(F)F)c(CCCC(=O)O)c1. The van der Waals surface area contributed by atoms with Gasteiger partial charge in [0.25, 0.3) is 0 Å². The number of alkyl halides is 3. The molecule has 0 amide bonds. The van der Waals surface area contributed by atoms with Crippen molar-refractivity contribution in [1.82, 2.24) is 0 Å². The molecule has 0 atom stereocenters. The molecular weight excluding hydrogens is 259 g/mol. The topological polar surface area (TPSA) is 40.5 Å². The van der Waals surface area contributed by atoms with Gasteiger partial charge in [-0.1, -0.05) is 0 Å². The number of anilines is 1. The van der Waals surface area contributed by atoms with E-state index in [0.717, 1.165) is 6.07 Å². The third kappa shape index (κ3) is 4.46. The molecule has 0 aromatic heterocycles. The van der Waals surface area contributed by atoms with Gasteiger partial charge in [0.2, 0.25) is 0 Å². The highest BCUT2D eigenvalue weighted by Gasteiger charge is 2.33. The lowest BCUT2D eigenvalue weighted by Crippen LogP contribution is -2.13. The fraction of sp³-hybridized carbons (Fsp3) is 0.462. The Morgan fingerprint density at radius 2 is 1.95 bits per heavy atom. The van der Waals surface area contributed by atoms with Gasteiger partial charge in [-0.25, -0.2) is 0 Å². The first-order valence-corrected chi connectivity index (χ1v) is 5.81. The Morgan fingerprint density at radius 3 is 2.42 bits per heavy atom. The van der Waals surface area contributed by atoms with Gasteiger partial charge in [-0.05, 0) is 36.6 Å². The Hall–Kier alpha value is -1.72. The van der Waals surface area contributed by atoms with Gasteiger partial charge in [-0.15, -0.1) is 0 Å². The number of hydrogen-bond donors (Lipinski definition) is 1. The van der Waals surface area contributed by atoms with E-state index < -0.39 is 17.7 Å². The highest BCUT2D eigenvalue weighted by Crippen LogP contribution is 2.34. The molecule has 19 heavy (non-hydrogen) atoms. The molecule has 0 saturated heterocycles. The number of aryl methyl sites for hydroxylation is 1. The Labute approximate surface area is 109 Å². The van der Waals surface area contributed by atoms with Gasteiger partial charge in [-0.2, -0.15) is 13.2 Å². The van der Waals surface area contributed by atoms with Crippen LogP contribution in [0.4, 0.5) is 18.9 Å². The standard InChI is InChI=1S/C13H16F3NO2/c1-17(2)10-6-7-11(13(14,15)16)9(8-10)4-3-5-12(18)19/h6-8H,3-5H2,1-2H3,(H,18,19). The number of carboxylic acid groups (broad SMARTS) is 1. The Kier molecular flexibility index (Phi) is 4.80. The van der Waals surface area contributed by atoms with E-state index in [1.807, 2.05) is 0 Å². The van der Waals surface area contributed by atoms with Crippen LogP contribution in [0.5, 0.6) is 0 Å². The molecule has 0 fully saturated rings. The second-order valence-electron chi connectivity index (χ2n) is 4.48. The number of aliphatic carboxylic acids is 1. The third-order valence-corrected chi connectivity index (χ3v) is 2.75. The van der Waals surface area contributed by atoms with Crippen LogP contribution in [0.2, 0.25) is 0 Å². The zero-order valence-electron chi connectivity index (χ0n) is 10.8. The summed E-state index contributed by atoms with van der Waals surface area (Å²) in [5.41, 5.74) is 0.113. The van der Waals surface area contributed by atoms with E-state index in [1.54, 1.807) is 19.0 Å². The molecule has 0 aliphatic rings. The van der Waals surface area contributed by atoms with Crippen molar-refractivity contribution in [1.29, 1.82) is 0 Å². The lowest BCUT2D eigenvalue weighted by Gasteiger charge is -2.18. The van der Waals surface area contributed by atoms with E-state index in [0.29, 0.717) is 5.69 Å². The predicted octanol–water partition coefficient (Wildman–Crippen LogP) is 3.18. The Bertz CT molecular complexity index is 456. The van der Waals surface area contributed by atoms with Crippen LogP contribution in [0, 0.1) is 0 Å². The molecule has 0 aliphatic heterocycles. The largest absolute Gasteiger partial charge is 0.481 e. The summed E-state index contributed by atoms with van der Waals surface area (Å²) in [6, 6.07) is 3.92. The van der Waals surface area contributed by atoms with Crippen LogP contribution in [0.3, 0.4) is 0 Å². The number of carbonyl (C=O) groups is 1. The average Bonchev–Trinajstić information content (AvgIpc) is 2.26. The van der Waals surface area contributed by atoms with Crippen molar-refractivity contribution in [3.8, 4) is 0 Å². The quantitative estimate of drug-likeness (QED) is 0.897. The first-order valence-electron chi connectivity index (χ1n) is 5.81. The predicted molar refractivity (Wildman–Crippen MR) is 66.3 cm³/mol. The minimum absolute atomic E-state index is 0.100. The van der Waals surface area contributed by atoms with Crippen LogP contribution in [-0.2, 0) is 17.4 Å². The first-order chi connectivity index (χ1) is 8.71. The van der Waals surface area contributed by atoms with Crippen molar-refractivity contribution in [3.63, 3.8) is 0 Å². The van der Waals surface area contributed by atoms with Crippen LogP contribution in [-0.4, -0.2) is 25.2 Å². The molecule has 1 aromatic carbocycles. The minimum Gasteiger partial charge on any atom is -0.481 e.